The highest BCUT2D eigenvalue weighted by Gasteiger charge is 2.28. The molecular formula is C14H18N4O. The molecule has 5 heteroatoms. The number of carbonyl (C=O) groups excluding carboxylic acids is 1. The predicted octanol–water partition coefficient (Wildman–Crippen LogP) is 1.11. The van der Waals surface area contributed by atoms with Crippen molar-refractivity contribution in [2.45, 2.75) is 25.8 Å². The molecule has 0 saturated heterocycles. The van der Waals surface area contributed by atoms with E-state index in [9.17, 15) is 4.79 Å². The fraction of sp³-hybridized carbons (Fsp3) is 0.429. The average molecular weight is 258 g/mol. The molecule has 1 amide bonds. The van der Waals surface area contributed by atoms with E-state index in [2.05, 4.69) is 10.3 Å². The van der Waals surface area contributed by atoms with Crippen molar-refractivity contribution in [3.8, 4) is 0 Å². The molecule has 0 radical (unpaired) electrons. The van der Waals surface area contributed by atoms with E-state index in [4.69, 9.17) is 5.73 Å². The number of pyridine rings is 1. The van der Waals surface area contributed by atoms with Gasteiger partial charge in [-0.3, -0.25) is 4.79 Å². The number of fused-ring (bicyclic) bond motifs is 1. The zero-order valence-corrected chi connectivity index (χ0v) is 11.0. The lowest BCUT2D eigenvalue weighted by Crippen LogP contribution is -2.38. The molecule has 1 aliphatic carbocycles. The van der Waals surface area contributed by atoms with Gasteiger partial charge in [0.15, 0.2) is 0 Å². The van der Waals surface area contributed by atoms with E-state index in [1.54, 1.807) is 6.20 Å². The van der Waals surface area contributed by atoms with Gasteiger partial charge < -0.3 is 15.5 Å². The van der Waals surface area contributed by atoms with Crippen molar-refractivity contribution in [1.82, 2.24) is 14.7 Å². The van der Waals surface area contributed by atoms with Gasteiger partial charge in [-0.15, -0.1) is 0 Å². The standard InChI is InChI=1S/C14H18N4O/c1-9-4-5-18-8-12(17-13(18)6-9)14(19)16-7-11(15)10-2-3-10/h4-6,8,10-11H,2-3,7,15H2,1H3,(H,16,19). The van der Waals surface area contributed by atoms with Crippen LogP contribution in [-0.4, -0.2) is 27.9 Å². The first-order valence-electron chi connectivity index (χ1n) is 6.62. The van der Waals surface area contributed by atoms with Gasteiger partial charge in [0.1, 0.15) is 11.3 Å². The number of aromatic nitrogens is 2. The highest BCUT2D eigenvalue weighted by atomic mass is 16.1. The van der Waals surface area contributed by atoms with E-state index in [0.717, 1.165) is 11.2 Å². The molecule has 3 N–H and O–H groups in total. The van der Waals surface area contributed by atoms with Gasteiger partial charge in [0.2, 0.25) is 0 Å². The largest absolute Gasteiger partial charge is 0.349 e. The second kappa shape index (κ2) is 4.66. The normalized spacial score (nSPS) is 16.5. The quantitative estimate of drug-likeness (QED) is 0.863. The molecule has 2 aromatic heterocycles. The average Bonchev–Trinajstić information content (AvgIpc) is 3.15. The van der Waals surface area contributed by atoms with Gasteiger partial charge in [-0.1, -0.05) is 0 Å². The van der Waals surface area contributed by atoms with Gasteiger partial charge in [-0.2, -0.15) is 0 Å². The van der Waals surface area contributed by atoms with Crippen molar-refractivity contribution in [3.63, 3.8) is 0 Å². The molecular weight excluding hydrogens is 240 g/mol. The number of amides is 1. The van der Waals surface area contributed by atoms with E-state index >= 15 is 0 Å². The lowest BCUT2D eigenvalue weighted by molar-refractivity contribution is 0.0946. The summed E-state index contributed by atoms with van der Waals surface area (Å²) in [5.74, 6) is 0.432. The summed E-state index contributed by atoms with van der Waals surface area (Å²) in [4.78, 5) is 16.3. The fourth-order valence-electron chi connectivity index (χ4n) is 2.19. The van der Waals surface area contributed by atoms with Crippen LogP contribution in [-0.2, 0) is 0 Å². The first-order chi connectivity index (χ1) is 9.13. The molecule has 2 heterocycles. The second-order valence-electron chi connectivity index (χ2n) is 5.31. The molecule has 2 aromatic rings. The lowest BCUT2D eigenvalue weighted by atomic mass is 10.2. The molecule has 1 saturated carbocycles. The number of nitrogens with zero attached hydrogens (tertiary/aromatic N) is 2. The van der Waals surface area contributed by atoms with E-state index in [1.807, 2.05) is 29.7 Å². The molecule has 0 aromatic carbocycles. The minimum absolute atomic E-state index is 0.0724. The van der Waals surface area contributed by atoms with E-state index in [-0.39, 0.29) is 11.9 Å². The van der Waals surface area contributed by atoms with Crippen LogP contribution in [0.4, 0.5) is 0 Å². The van der Waals surface area contributed by atoms with Crippen molar-refractivity contribution in [2.24, 2.45) is 11.7 Å². The number of hydrogen-bond acceptors (Lipinski definition) is 3. The van der Waals surface area contributed by atoms with Gasteiger partial charge in [0, 0.05) is 25.0 Å². The molecule has 19 heavy (non-hydrogen) atoms. The van der Waals surface area contributed by atoms with E-state index in [0.29, 0.717) is 18.2 Å². The maximum atomic E-state index is 12.0. The Labute approximate surface area is 111 Å². The van der Waals surface area contributed by atoms with Gasteiger partial charge in [-0.05, 0) is 43.4 Å². The smallest absolute Gasteiger partial charge is 0.271 e. The lowest BCUT2D eigenvalue weighted by Gasteiger charge is -2.10. The third-order valence-corrected chi connectivity index (χ3v) is 3.57. The molecule has 3 rings (SSSR count). The molecule has 0 bridgehead atoms. The first kappa shape index (κ1) is 12.2. The van der Waals surface area contributed by atoms with Gasteiger partial charge in [-0.25, -0.2) is 4.98 Å². The summed E-state index contributed by atoms with van der Waals surface area (Å²) in [6, 6.07) is 4.01. The second-order valence-corrected chi connectivity index (χ2v) is 5.31. The van der Waals surface area contributed by atoms with Crippen molar-refractivity contribution >= 4 is 11.6 Å². The summed E-state index contributed by atoms with van der Waals surface area (Å²) < 4.78 is 1.85. The topological polar surface area (TPSA) is 72.4 Å². The predicted molar refractivity (Wildman–Crippen MR) is 73.0 cm³/mol. The van der Waals surface area contributed by atoms with Crippen molar-refractivity contribution in [2.75, 3.05) is 6.54 Å². The molecule has 100 valence electrons. The highest BCUT2D eigenvalue weighted by molar-refractivity contribution is 5.92. The van der Waals surface area contributed by atoms with E-state index < -0.39 is 0 Å². The third-order valence-electron chi connectivity index (χ3n) is 3.57. The number of nitrogens with two attached hydrogens (primary N) is 1. The Hall–Kier alpha value is -1.88. The van der Waals surface area contributed by atoms with Gasteiger partial charge in [0.05, 0.1) is 0 Å². The zero-order valence-electron chi connectivity index (χ0n) is 11.0. The van der Waals surface area contributed by atoms with Crippen LogP contribution >= 0.6 is 0 Å². The summed E-state index contributed by atoms with van der Waals surface area (Å²) in [7, 11) is 0. The number of imidazole rings is 1. The fourth-order valence-corrected chi connectivity index (χ4v) is 2.19. The van der Waals surface area contributed by atoms with Crippen LogP contribution in [0.15, 0.2) is 24.5 Å². The Balaban J connectivity index is 1.70. The summed E-state index contributed by atoms with van der Waals surface area (Å²) in [5.41, 5.74) is 8.31. The Bertz CT molecular complexity index is 615. The number of hydrogen-bond donors (Lipinski definition) is 2. The maximum absolute atomic E-state index is 12.0. The molecule has 1 fully saturated rings. The van der Waals surface area contributed by atoms with Crippen molar-refractivity contribution in [3.05, 3.63) is 35.8 Å². The summed E-state index contributed by atoms with van der Waals surface area (Å²) in [6.07, 6.45) is 6.02. The van der Waals surface area contributed by atoms with Crippen LogP contribution in [0.25, 0.3) is 5.65 Å². The number of rotatable bonds is 4. The minimum Gasteiger partial charge on any atom is -0.349 e. The molecule has 1 unspecified atom stereocenters. The van der Waals surface area contributed by atoms with Crippen molar-refractivity contribution < 1.29 is 4.79 Å². The van der Waals surface area contributed by atoms with Crippen LogP contribution in [0.2, 0.25) is 0 Å². The number of nitrogens with one attached hydrogen (secondary N) is 1. The molecule has 0 spiro atoms. The maximum Gasteiger partial charge on any atom is 0.271 e. The third kappa shape index (κ3) is 2.61. The SMILES string of the molecule is Cc1ccn2cc(C(=O)NCC(N)C3CC3)nc2c1. The first-order valence-corrected chi connectivity index (χ1v) is 6.62. The van der Waals surface area contributed by atoms with Crippen LogP contribution in [0.5, 0.6) is 0 Å². The summed E-state index contributed by atoms with van der Waals surface area (Å²) >= 11 is 0. The monoisotopic (exact) mass is 258 g/mol. The zero-order chi connectivity index (χ0) is 13.4. The Morgan fingerprint density at radius 2 is 2.42 bits per heavy atom. The molecule has 1 aliphatic rings. The number of carbonyl (C=O) groups is 1. The molecule has 5 nitrogen and oxygen atoms in total. The van der Waals surface area contributed by atoms with Crippen LogP contribution in [0.1, 0.15) is 28.9 Å². The Morgan fingerprint density at radius 3 is 3.16 bits per heavy atom. The molecule has 1 atom stereocenters. The Morgan fingerprint density at radius 1 is 1.63 bits per heavy atom. The summed E-state index contributed by atoms with van der Waals surface area (Å²) in [6.45, 7) is 2.53. The summed E-state index contributed by atoms with van der Waals surface area (Å²) in [5, 5.41) is 2.86. The number of aryl methyl sites for hydroxylation is 1. The van der Waals surface area contributed by atoms with Crippen molar-refractivity contribution in [1.29, 1.82) is 0 Å². The van der Waals surface area contributed by atoms with Gasteiger partial charge in [0.25, 0.3) is 5.91 Å². The minimum atomic E-state index is -0.155. The van der Waals surface area contributed by atoms with Crippen LogP contribution in [0.3, 0.4) is 0 Å². The highest BCUT2D eigenvalue weighted by Crippen LogP contribution is 2.31. The van der Waals surface area contributed by atoms with Crippen LogP contribution < -0.4 is 11.1 Å². The van der Waals surface area contributed by atoms with Gasteiger partial charge >= 0.3 is 0 Å². The van der Waals surface area contributed by atoms with Crippen LogP contribution in [0, 0.1) is 12.8 Å². The Kier molecular flexibility index (Phi) is 2.98. The van der Waals surface area contributed by atoms with E-state index in [1.165, 1.54) is 12.8 Å². The molecule has 0 aliphatic heterocycles.